The molecule has 5 saturated carbocycles. The highest BCUT2D eigenvalue weighted by molar-refractivity contribution is 6.38. The minimum Gasteiger partial charge on any atom is -0.363 e. The minimum atomic E-state index is -1.07. The molecular formula is C64H99N11O11. The van der Waals surface area contributed by atoms with Gasteiger partial charge < -0.3 is 47.4 Å². The zero-order chi connectivity index (χ0) is 63.4. The van der Waals surface area contributed by atoms with Crippen LogP contribution < -0.4 is 37.6 Å². The molecule has 22 nitrogen and oxygen atoms in total. The predicted octanol–water partition coefficient (Wildman–Crippen LogP) is 5.25. The van der Waals surface area contributed by atoms with Gasteiger partial charge in [-0.05, 0) is 124 Å². The Kier molecular flexibility index (Phi) is 21.4. The first-order chi connectivity index (χ1) is 40.2. The maximum atomic E-state index is 14.6. The van der Waals surface area contributed by atoms with E-state index in [-0.39, 0.29) is 76.7 Å². The molecule has 1 unspecified atom stereocenters. The summed E-state index contributed by atoms with van der Waals surface area (Å²) in [7, 11) is 0. The number of nitrogens with two attached hydrogens (primary N) is 1. The van der Waals surface area contributed by atoms with Crippen molar-refractivity contribution in [1.29, 1.82) is 0 Å². The van der Waals surface area contributed by atoms with Gasteiger partial charge >= 0.3 is 6.03 Å². The van der Waals surface area contributed by atoms with Gasteiger partial charge in [0.05, 0.1) is 18.3 Å². The molecule has 3 heterocycles. The molecule has 8 rings (SSSR count). The van der Waals surface area contributed by atoms with Gasteiger partial charge in [0.15, 0.2) is 5.78 Å². The number of ketones is 3. The van der Waals surface area contributed by atoms with Crippen LogP contribution in [0, 0.1) is 57.7 Å². The van der Waals surface area contributed by atoms with E-state index in [1.807, 2.05) is 69.2 Å². The summed E-state index contributed by atoms with van der Waals surface area (Å²) in [6, 6.07) is -5.64. The first-order valence-electron chi connectivity index (χ1n) is 31.8. The Morgan fingerprint density at radius 3 is 1.86 bits per heavy atom. The van der Waals surface area contributed by atoms with Crippen LogP contribution in [0.15, 0.2) is 18.6 Å². The van der Waals surface area contributed by atoms with Crippen molar-refractivity contribution in [2.75, 3.05) is 13.1 Å². The van der Waals surface area contributed by atoms with Crippen molar-refractivity contribution in [3.63, 3.8) is 0 Å². The van der Waals surface area contributed by atoms with Crippen LogP contribution in [0.2, 0.25) is 0 Å². The molecule has 1 aromatic rings. The number of hydrogen-bond acceptors (Lipinski definition) is 13. The number of hydrogen-bond donors (Lipinski definition) is 7. The van der Waals surface area contributed by atoms with Crippen molar-refractivity contribution in [3.8, 4) is 0 Å². The second-order valence-electron chi connectivity index (χ2n) is 29.7. The van der Waals surface area contributed by atoms with Gasteiger partial charge in [-0.25, -0.2) is 9.78 Å². The van der Waals surface area contributed by atoms with E-state index in [9.17, 15) is 52.7 Å². The largest absolute Gasteiger partial charge is 0.363 e. The van der Waals surface area contributed by atoms with Gasteiger partial charge in [-0.15, -0.1) is 0 Å². The number of aromatic nitrogens is 2. The highest BCUT2D eigenvalue weighted by atomic mass is 16.2. The summed E-state index contributed by atoms with van der Waals surface area (Å²) in [5.41, 5.74) is 3.43. The molecule has 0 aromatic carbocycles. The maximum absolute atomic E-state index is 14.6. The molecule has 2 aliphatic heterocycles. The van der Waals surface area contributed by atoms with Crippen molar-refractivity contribution in [3.05, 3.63) is 24.3 Å². The normalized spacial score (nSPS) is 25.2. The SMILES string of the molecule is CC(C)(C)NC(=O)N[C@H](C(=O)N1C[C@H]2[C@@H]([C@H]1C(=O)NC(CC1CCC1)C(=O)C(N)=O)C2(C)C)C(C)(C)C.CCC[C@H](CC(=O)[C@@H]1[C@H]2CCC[C@H]2CN1C(=O)[C@@H](NC(=O)[C@@H](NC(=O)c1cnccn1)C1CCCCC1)C(C)(C)C)C(=O)C(=O)NC1CC1. The second-order valence-corrected chi connectivity index (χ2v) is 29.7. The number of primary amides is 1. The van der Waals surface area contributed by atoms with Crippen molar-refractivity contribution >= 4 is 64.7 Å². The molecule has 0 radical (unpaired) electrons. The number of urea groups is 1. The average Bonchev–Trinajstić information content (AvgIpc) is 1.53. The van der Waals surface area contributed by atoms with Crippen LogP contribution in [0.4, 0.5) is 4.79 Å². The van der Waals surface area contributed by atoms with E-state index in [1.165, 1.54) is 18.6 Å². The topological polar surface area (TPSA) is 318 Å². The van der Waals surface area contributed by atoms with E-state index >= 15 is 0 Å². The Morgan fingerprint density at radius 1 is 0.698 bits per heavy atom. The van der Waals surface area contributed by atoms with E-state index in [0.29, 0.717) is 32.4 Å². The summed E-state index contributed by atoms with van der Waals surface area (Å²) in [5.74, 6) is -5.69. The van der Waals surface area contributed by atoms with Gasteiger partial charge in [-0.1, -0.05) is 114 Å². The first-order valence-corrected chi connectivity index (χ1v) is 31.8. The third kappa shape index (κ3) is 16.4. The Labute approximate surface area is 508 Å². The van der Waals surface area contributed by atoms with Crippen LogP contribution in [-0.4, -0.2) is 145 Å². The number of piperidine rings is 1. The molecule has 7 fully saturated rings. The van der Waals surface area contributed by atoms with E-state index in [0.717, 1.165) is 83.5 Å². The lowest BCUT2D eigenvalue weighted by Crippen LogP contribution is -2.62. The third-order valence-electron chi connectivity index (χ3n) is 19.3. The number of rotatable bonds is 22. The summed E-state index contributed by atoms with van der Waals surface area (Å²) in [4.78, 5) is 158. The Hall–Kier alpha value is -6.35. The number of nitrogens with one attached hydrogen (secondary N) is 6. The summed E-state index contributed by atoms with van der Waals surface area (Å²) in [6.07, 6.45) is 17.4. The Bertz CT molecular complexity index is 2700. The van der Waals surface area contributed by atoms with Crippen LogP contribution in [0.25, 0.3) is 0 Å². The molecule has 9 amide bonds. The van der Waals surface area contributed by atoms with Crippen LogP contribution in [0.1, 0.15) is 203 Å². The number of likely N-dealkylation sites (tertiary alicyclic amines) is 2. The van der Waals surface area contributed by atoms with Gasteiger partial charge in [0.2, 0.25) is 35.2 Å². The number of carbonyl (C=O) groups excluding carboxylic acids is 11. The minimum absolute atomic E-state index is 0.0216. The number of nitrogens with zero attached hydrogens (tertiary/aromatic N) is 4. The van der Waals surface area contributed by atoms with E-state index in [1.54, 1.807) is 9.80 Å². The molecule has 0 spiro atoms. The third-order valence-corrected chi connectivity index (χ3v) is 19.3. The molecule has 8 N–H and O–H groups in total. The summed E-state index contributed by atoms with van der Waals surface area (Å²) < 4.78 is 0. The quantitative estimate of drug-likeness (QED) is 0.0731. The monoisotopic (exact) mass is 1200 g/mol. The molecule has 11 atom stereocenters. The number of Topliss-reactive ketones (excluding diaryl/α,β-unsaturated/α-hetero) is 3. The van der Waals surface area contributed by atoms with Crippen LogP contribution in [0.5, 0.6) is 0 Å². The molecule has 0 bridgehead atoms. The van der Waals surface area contributed by atoms with E-state index in [2.05, 4.69) is 55.7 Å². The predicted molar refractivity (Wildman–Crippen MR) is 321 cm³/mol. The average molecular weight is 1200 g/mol. The fraction of sp³-hybridized carbons (Fsp3) is 0.766. The summed E-state index contributed by atoms with van der Waals surface area (Å²) in [6.45, 7) is 23.7. The van der Waals surface area contributed by atoms with Crippen LogP contribution in [-0.2, 0) is 43.2 Å². The zero-order valence-electron chi connectivity index (χ0n) is 53.1. The molecule has 7 aliphatic rings. The van der Waals surface area contributed by atoms with Crippen LogP contribution >= 0.6 is 0 Å². The highest BCUT2D eigenvalue weighted by Gasteiger charge is 2.70. The number of amides is 9. The van der Waals surface area contributed by atoms with Crippen molar-refractivity contribution < 1.29 is 52.7 Å². The van der Waals surface area contributed by atoms with Gasteiger partial charge in [-0.3, -0.25) is 52.9 Å². The van der Waals surface area contributed by atoms with Gasteiger partial charge in [-0.2, -0.15) is 0 Å². The summed E-state index contributed by atoms with van der Waals surface area (Å²) >= 11 is 0. The highest BCUT2D eigenvalue weighted by Crippen LogP contribution is 2.65. The second kappa shape index (κ2) is 27.4. The first kappa shape index (κ1) is 67.2. The Balaban J connectivity index is 0.000000256. The zero-order valence-corrected chi connectivity index (χ0v) is 53.1. The molecule has 476 valence electrons. The van der Waals surface area contributed by atoms with Crippen molar-refractivity contribution in [2.45, 2.75) is 240 Å². The van der Waals surface area contributed by atoms with Gasteiger partial charge in [0.1, 0.15) is 29.9 Å². The molecule has 86 heavy (non-hydrogen) atoms. The molecule has 2 saturated heterocycles. The Morgan fingerprint density at radius 2 is 1.31 bits per heavy atom. The van der Waals surface area contributed by atoms with E-state index in [4.69, 9.17) is 5.73 Å². The number of carbonyl (C=O) groups is 11. The maximum Gasteiger partial charge on any atom is 0.315 e. The summed E-state index contributed by atoms with van der Waals surface area (Å²) in [5, 5.41) is 17.1. The smallest absolute Gasteiger partial charge is 0.315 e. The molecule has 22 heteroatoms. The van der Waals surface area contributed by atoms with E-state index < -0.39 is 106 Å². The van der Waals surface area contributed by atoms with Gasteiger partial charge in [0.25, 0.3) is 17.7 Å². The molecule has 1 aromatic heterocycles. The molecular weight excluding hydrogens is 1100 g/mol. The lowest BCUT2D eigenvalue weighted by Gasteiger charge is -2.38. The standard InChI is InChI=1S/C37H54N6O6.C27H45N5O5/c1-5-10-23(31(45)35(48)40-25-15-16-25)19-28(44)30-26-14-9-13-24(26)21-43(30)36(49)32(37(2,3)4)42-34(47)29(22-11-7-6-8-12-22)41-33(46)27-20-38-17-18-39-27;1-25(2,3)20(30-24(37)31-26(4,5)6)23(36)32-13-15-17(27(15,7)8)18(32)22(35)29-16(19(33)21(28)34)12-14-10-9-11-14/h17-18,20,22-26,29-30,32H,5-16,19,21H2,1-4H3,(H,40,48)(H,41,46)(H,42,47);14-18,20H,9-13H2,1-8H3,(H2,28,34)(H,29,35)(H2,30,31,37)/t23-,24+,26+,29+,30+,32-;15-,16?,17-,18-,20+/m10/s1. The lowest BCUT2D eigenvalue weighted by molar-refractivity contribution is -0.146. The van der Waals surface area contributed by atoms with Crippen LogP contribution in [0.3, 0.4) is 0 Å². The van der Waals surface area contributed by atoms with Crippen molar-refractivity contribution in [2.24, 2.45) is 63.4 Å². The fourth-order valence-corrected chi connectivity index (χ4v) is 14.1. The molecule has 5 aliphatic carbocycles. The lowest BCUT2D eigenvalue weighted by atomic mass is 9.80. The fourth-order valence-electron chi connectivity index (χ4n) is 14.1. The van der Waals surface area contributed by atoms with Crippen molar-refractivity contribution in [1.82, 2.24) is 51.7 Å². The number of fused-ring (bicyclic) bond motifs is 2. The van der Waals surface area contributed by atoms with Gasteiger partial charge in [0, 0.05) is 49.4 Å².